The molecule has 4 rings (SSSR count). The first-order valence-corrected chi connectivity index (χ1v) is 9.06. The number of rotatable bonds is 5. The standard InChI is InChI=1S/C21H23FO5/c1-23-19-18(24-12-14-8-4-2-5-9-14)17-16(26-20(19)22)13-25-21(27-17)15-10-6-3-7-11-15/h2-11,16-21H,12-13H2,1H3/t16-,17+,18-,19+,20?,21+/m0/s1. The first kappa shape index (κ1) is 18.5. The van der Waals surface area contributed by atoms with Gasteiger partial charge in [-0.1, -0.05) is 60.7 Å². The average molecular weight is 374 g/mol. The van der Waals surface area contributed by atoms with Crippen LogP contribution in [0, 0.1) is 0 Å². The van der Waals surface area contributed by atoms with Crippen molar-refractivity contribution in [2.24, 2.45) is 0 Å². The van der Waals surface area contributed by atoms with Gasteiger partial charge in [0.05, 0.1) is 13.2 Å². The maximum atomic E-state index is 14.5. The number of halogens is 1. The summed E-state index contributed by atoms with van der Waals surface area (Å²) >= 11 is 0. The van der Waals surface area contributed by atoms with E-state index < -0.39 is 37.1 Å². The summed E-state index contributed by atoms with van der Waals surface area (Å²) in [5.74, 6) is 0. The van der Waals surface area contributed by atoms with Gasteiger partial charge in [-0.3, -0.25) is 0 Å². The Balaban J connectivity index is 1.53. The van der Waals surface area contributed by atoms with E-state index in [4.69, 9.17) is 23.7 Å². The van der Waals surface area contributed by atoms with Crippen LogP contribution in [0.2, 0.25) is 0 Å². The van der Waals surface area contributed by atoms with Crippen molar-refractivity contribution in [3.05, 3.63) is 71.8 Å². The highest BCUT2D eigenvalue weighted by Crippen LogP contribution is 2.36. The first-order chi connectivity index (χ1) is 13.3. The van der Waals surface area contributed by atoms with Crippen molar-refractivity contribution in [1.82, 2.24) is 0 Å². The minimum atomic E-state index is -1.60. The summed E-state index contributed by atoms with van der Waals surface area (Å²) in [7, 11) is 1.45. The number of hydrogen-bond acceptors (Lipinski definition) is 5. The van der Waals surface area contributed by atoms with Crippen molar-refractivity contribution >= 4 is 0 Å². The fourth-order valence-electron chi connectivity index (χ4n) is 3.52. The summed E-state index contributed by atoms with van der Waals surface area (Å²) in [5.41, 5.74) is 1.89. The Morgan fingerprint density at radius 1 is 0.963 bits per heavy atom. The van der Waals surface area contributed by atoms with E-state index in [1.165, 1.54) is 7.11 Å². The monoisotopic (exact) mass is 374 g/mol. The zero-order valence-electron chi connectivity index (χ0n) is 15.1. The van der Waals surface area contributed by atoms with E-state index in [0.717, 1.165) is 11.1 Å². The van der Waals surface area contributed by atoms with E-state index in [1.807, 2.05) is 60.7 Å². The molecule has 0 bridgehead atoms. The Labute approximate surface area is 157 Å². The van der Waals surface area contributed by atoms with Gasteiger partial charge in [-0.2, -0.15) is 0 Å². The summed E-state index contributed by atoms with van der Waals surface area (Å²) in [6.45, 7) is 0.563. The fourth-order valence-corrected chi connectivity index (χ4v) is 3.52. The second kappa shape index (κ2) is 8.46. The molecule has 2 saturated heterocycles. The SMILES string of the molecule is CO[C@H]1C(F)O[C@H]2CO[C@@H](c3ccccc3)O[C@H]2[C@@H]1OCc1ccccc1. The third kappa shape index (κ3) is 4.05. The molecule has 2 aromatic rings. The van der Waals surface area contributed by atoms with Crippen LogP contribution in [0.4, 0.5) is 4.39 Å². The van der Waals surface area contributed by atoms with Crippen LogP contribution >= 0.6 is 0 Å². The minimum Gasteiger partial charge on any atom is -0.373 e. The summed E-state index contributed by atoms with van der Waals surface area (Å²) in [5, 5.41) is 0. The van der Waals surface area contributed by atoms with E-state index in [1.54, 1.807) is 0 Å². The lowest BCUT2D eigenvalue weighted by atomic mass is 9.97. The molecule has 0 spiro atoms. The predicted molar refractivity (Wildman–Crippen MR) is 95.6 cm³/mol. The van der Waals surface area contributed by atoms with Crippen LogP contribution in [0.25, 0.3) is 0 Å². The second-order valence-corrected chi connectivity index (χ2v) is 6.66. The lowest BCUT2D eigenvalue weighted by molar-refractivity contribution is -0.351. The highest BCUT2D eigenvalue weighted by molar-refractivity contribution is 5.17. The lowest BCUT2D eigenvalue weighted by Crippen LogP contribution is -2.62. The van der Waals surface area contributed by atoms with Gasteiger partial charge in [0.15, 0.2) is 6.29 Å². The van der Waals surface area contributed by atoms with Crippen LogP contribution in [0.5, 0.6) is 0 Å². The van der Waals surface area contributed by atoms with Crippen LogP contribution in [0.3, 0.4) is 0 Å². The molecule has 0 amide bonds. The molecule has 144 valence electrons. The van der Waals surface area contributed by atoms with Gasteiger partial charge in [-0.25, -0.2) is 4.39 Å². The Morgan fingerprint density at radius 3 is 2.37 bits per heavy atom. The largest absolute Gasteiger partial charge is 0.373 e. The number of benzene rings is 2. The normalized spacial score (nSPS) is 33.4. The van der Waals surface area contributed by atoms with Gasteiger partial charge in [-0.15, -0.1) is 0 Å². The van der Waals surface area contributed by atoms with Crippen LogP contribution in [-0.4, -0.2) is 44.5 Å². The quantitative estimate of drug-likeness (QED) is 0.803. The summed E-state index contributed by atoms with van der Waals surface area (Å²) in [4.78, 5) is 0. The molecule has 6 heteroatoms. The topological polar surface area (TPSA) is 46.2 Å². The van der Waals surface area contributed by atoms with Gasteiger partial charge < -0.3 is 23.7 Å². The first-order valence-electron chi connectivity index (χ1n) is 9.06. The molecule has 1 unspecified atom stereocenters. The number of alkyl halides is 1. The summed E-state index contributed by atoms with van der Waals surface area (Å²) < 4.78 is 43.2. The van der Waals surface area contributed by atoms with Crippen molar-refractivity contribution in [2.75, 3.05) is 13.7 Å². The van der Waals surface area contributed by atoms with Crippen molar-refractivity contribution in [2.45, 2.75) is 43.7 Å². The molecule has 0 radical (unpaired) electrons. The molecular formula is C21H23FO5. The summed E-state index contributed by atoms with van der Waals surface area (Å²) in [6.07, 6.45) is -4.68. The van der Waals surface area contributed by atoms with E-state index in [0.29, 0.717) is 6.61 Å². The molecule has 0 saturated carbocycles. The molecular weight excluding hydrogens is 351 g/mol. The van der Waals surface area contributed by atoms with E-state index in [-0.39, 0.29) is 6.61 Å². The molecule has 6 atom stereocenters. The molecule has 2 aliphatic heterocycles. The molecule has 0 N–H and O–H groups in total. The average Bonchev–Trinajstić information content (AvgIpc) is 2.73. The number of ether oxygens (including phenoxy) is 5. The van der Waals surface area contributed by atoms with Gasteiger partial charge in [0, 0.05) is 12.7 Å². The van der Waals surface area contributed by atoms with E-state index >= 15 is 0 Å². The molecule has 2 aromatic carbocycles. The van der Waals surface area contributed by atoms with E-state index in [2.05, 4.69) is 0 Å². The molecule has 0 aliphatic carbocycles. The molecule has 2 aliphatic rings. The third-order valence-corrected chi connectivity index (χ3v) is 4.90. The van der Waals surface area contributed by atoms with Crippen molar-refractivity contribution in [1.29, 1.82) is 0 Å². The van der Waals surface area contributed by atoms with Crippen LogP contribution in [-0.2, 0) is 30.3 Å². The molecule has 2 heterocycles. The van der Waals surface area contributed by atoms with Gasteiger partial charge in [-0.05, 0) is 5.56 Å². The highest BCUT2D eigenvalue weighted by atomic mass is 19.1. The van der Waals surface area contributed by atoms with Crippen LogP contribution in [0.15, 0.2) is 60.7 Å². The van der Waals surface area contributed by atoms with Crippen molar-refractivity contribution in [3.63, 3.8) is 0 Å². The Bertz CT molecular complexity index is 713. The van der Waals surface area contributed by atoms with Gasteiger partial charge >= 0.3 is 0 Å². The Morgan fingerprint density at radius 2 is 1.67 bits per heavy atom. The smallest absolute Gasteiger partial charge is 0.228 e. The number of fused-ring (bicyclic) bond motifs is 1. The van der Waals surface area contributed by atoms with Gasteiger partial charge in [0.1, 0.15) is 24.4 Å². The Kier molecular flexibility index (Phi) is 5.80. The zero-order chi connectivity index (χ0) is 18.6. The molecule has 27 heavy (non-hydrogen) atoms. The zero-order valence-corrected chi connectivity index (χ0v) is 15.1. The third-order valence-electron chi connectivity index (χ3n) is 4.90. The van der Waals surface area contributed by atoms with Gasteiger partial charge in [0.25, 0.3) is 0 Å². The number of hydrogen-bond donors (Lipinski definition) is 0. The van der Waals surface area contributed by atoms with E-state index in [9.17, 15) is 4.39 Å². The minimum absolute atomic E-state index is 0.228. The van der Waals surface area contributed by atoms with Crippen LogP contribution < -0.4 is 0 Å². The molecule has 2 fully saturated rings. The summed E-state index contributed by atoms with van der Waals surface area (Å²) in [6, 6.07) is 19.4. The van der Waals surface area contributed by atoms with Crippen LogP contribution in [0.1, 0.15) is 17.4 Å². The fraction of sp³-hybridized carbons (Fsp3) is 0.429. The maximum absolute atomic E-state index is 14.5. The molecule has 0 aromatic heterocycles. The highest BCUT2D eigenvalue weighted by Gasteiger charge is 2.51. The Hall–Kier alpha value is -1.83. The van der Waals surface area contributed by atoms with Crippen molar-refractivity contribution in [3.8, 4) is 0 Å². The van der Waals surface area contributed by atoms with Gasteiger partial charge in [0.2, 0.25) is 6.36 Å². The molecule has 5 nitrogen and oxygen atoms in total. The number of methoxy groups -OCH3 is 1. The lowest BCUT2D eigenvalue weighted by Gasteiger charge is -2.47. The maximum Gasteiger partial charge on any atom is 0.228 e. The van der Waals surface area contributed by atoms with Crippen molar-refractivity contribution < 1.29 is 28.1 Å². The second-order valence-electron chi connectivity index (χ2n) is 6.66. The predicted octanol–water partition coefficient (Wildman–Crippen LogP) is 3.40.